The number of anilines is 6. The van der Waals surface area contributed by atoms with Gasteiger partial charge < -0.3 is 167 Å². The average molecular weight is 2250 g/mol. The van der Waals surface area contributed by atoms with Crippen LogP contribution in [0, 0.1) is 13.8 Å². The molecule has 10 aromatic rings. The molecule has 6 fully saturated rings. The highest BCUT2D eigenvalue weighted by Gasteiger charge is 2.58. The van der Waals surface area contributed by atoms with Crippen molar-refractivity contribution in [2.24, 2.45) is 0 Å². The van der Waals surface area contributed by atoms with E-state index in [4.69, 9.17) is 214 Å². The maximum atomic E-state index is 14.1. The molecule has 6 saturated heterocycles. The fourth-order valence-corrected chi connectivity index (χ4v) is 24.2. The number of rotatable bonds is 52. The molecule has 0 spiro atoms. The summed E-state index contributed by atoms with van der Waals surface area (Å²) >= 11 is 29.4. The van der Waals surface area contributed by atoms with Gasteiger partial charge in [-0.3, -0.25) is 45.5 Å². The summed E-state index contributed by atoms with van der Waals surface area (Å²) in [5.41, 5.74) is 37.6. The molecule has 70 heteroatoms. The lowest BCUT2D eigenvalue weighted by Gasteiger charge is -2.31. The maximum absolute atomic E-state index is 14.1. The molecule has 0 amide bonds. The monoisotopic (exact) mass is 2240 g/mol. The van der Waals surface area contributed by atoms with E-state index in [1.807, 2.05) is 0 Å². The van der Waals surface area contributed by atoms with Crippen molar-refractivity contribution in [3.63, 3.8) is 0 Å². The van der Waals surface area contributed by atoms with Gasteiger partial charge in [0.25, 0.3) is 0 Å². The quantitative estimate of drug-likeness (QED) is 0.0173. The van der Waals surface area contributed by atoms with E-state index in [0.29, 0.717) is 17.5 Å². The summed E-state index contributed by atoms with van der Waals surface area (Å²) in [6.07, 6.45) is -19.1. The first kappa shape index (κ1) is 111. The second-order valence-electron chi connectivity index (χ2n) is 33.3. The highest BCUT2D eigenvalue weighted by Crippen LogP contribution is 2.59. The third kappa shape index (κ3) is 25.4. The number of methoxy groups -OCH3 is 5. The molecule has 60 nitrogen and oxygen atoms in total. The molecule has 10 aromatic heterocycles. The van der Waals surface area contributed by atoms with E-state index in [9.17, 15) is 39.2 Å². The Morgan fingerprint density at radius 3 is 0.918 bits per heavy atom. The molecular formula is C76H109N26O34P5S5. The third-order valence-electron chi connectivity index (χ3n) is 23.9. The van der Waals surface area contributed by atoms with Crippen molar-refractivity contribution in [2.45, 2.75) is 175 Å². The van der Waals surface area contributed by atoms with Crippen molar-refractivity contribution in [1.82, 2.24) is 97.2 Å². The average Bonchev–Trinajstić information content (AvgIpc) is 1.63. The molecule has 0 aliphatic carbocycles. The zero-order valence-corrected chi connectivity index (χ0v) is 87.4. The summed E-state index contributed by atoms with van der Waals surface area (Å²) in [6, 6.07) is 0. The van der Waals surface area contributed by atoms with Gasteiger partial charge in [-0.15, -0.1) is 0 Å². The van der Waals surface area contributed by atoms with Gasteiger partial charge in [-0.1, -0.05) is 6.92 Å². The van der Waals surface area contributed by atoms with Crippen molar-refractivity contribution in [3.05, 3.63) is 95.1 Å². The van der Waals surface area contributed by atoms with Crippen LogP contribution in [-0.2, 0) is 180 Å². The van der Waals surface area contributed by atoms with Crippen LogP contribution in [0.5, 0.6) is 0 Å². The van der Waals surface area contributed by atoms with Crippen molar-refractivity contribution in [3.8, 4) is 0 Å². The highest BCUT2D eigenvalue weighted by atomic mass is 32.5. The molecule has 0 radical (unpaired) electrons. The van der Waals surface area contributed by atoms with E-state index in [-0.39, 0.29) is 152 Å². The predicted molar refractivity (Wildman–Crippen MR) is 523 cm³/mol. The van der Waals surface area contributed by atoms with Gasteiger partial charge in [0.1, 0.15) is 157 Å². The van der Waals surface area contributed by atoms with Gasteiger partial charge in [0, 0.05) is 65.5 Å². The fraction of sp³-hybridized carbons (Fsp3) is 0.632. The summed E-state index contributed by atoms with van der Waals surface area (Å²) in [5.74, 6) is -0.137. The largest absolute Gasteiger partial charge is 0.387 e. The molecule has 0 aromatic carbocycles. The summed E-state index contributed by atoms with van der Waals surface area (Å²) in [5, 5.41) is 12.0. The number of aryl methyl sites for hydroxylation is 2. The standard InChI is InChI=1S/C76H109N26O34P5S5/c1-9-38-39(20-45(126-38)97-21-36(2)60(77)95-75(97)104)132-137(106,142)122-24-42-52(57(118-17-12-113-6)72(129-42)100-33-92-47-63(80)84-29-88-67(47)100)134-140(109,145)124-26-44-54(59(120-19-14-115-8)74(131-44)102-35-94-49-65(82)86-31-90-69(49)102)136-141(110,146)125-27-43-53(58(119-18-13-114-7)73(130-43)101-34-93-48-64(81)85-30-89-68(48)101)135-139(108,144)123-25-41-51(56(117-16-11-112-5)71(128-41)98-22-37(3)61(78)96-76(98)105)133-138(107,143)121-23-40-50(103)55(116-15-10-111-4)70(127-40)99-32-91-46-62(79)83-28-87-66(46)99/h21-22,28-35,38-45,50-59,70-74,103H,9-20,23-27H2,1-8H3,(H,106,142)(H,107,143)(H,108,144)(H,109,145)(H,110,146)(H2,77,95,104)(H2,78,96,105)(H2,79,83,87)(H2,80,84,88)(H2,81,85,89)(H2,82,86,90)/t38-,39-,40-,41-,42-,43-,44-,45-,50+,51+,52+,53+,54+,55?,56?,57?,58?,59?,70-,71-,72-,73-,74-,137?,138?,139?,140?,141?/m1/s1. The molecule has 28 atom stereocenters. The molecule has 10 unspecified atom stereocenters. The fourth-order valence-electron chi connectivity index (χ4n) is 17.0. The Kier molecular flexibility index (Phi) is 36.9. The lowest BCUT2D eigenvalue weighted by molar-refractivity contribution is -0.0828. The minimum Gasteiger partial charge on any atom is -0.387 e. The van der Waals surface area contributed by atoms with Crippen LogP contribution in [0.15, 0.2) is 72.6 Å². The zero-order chi connectivity index (χ0) is 104. The number of aliphatic hydroxyl groups excluding tert-OH is 1. The molecule has 16 heterocycles. The van der Waals surface area contributed by atoms with Gasteiger partial charge >= 0.3 is 45.0 Å². The van der Waals surface area contributed by atoms with Gasteiger partial charge in [-0.05, 0) is 79.3 Å². The Morgan fingerprint density at radius 1 is 0.342 bits per heavy atom. The number of nitrogens with zero attached hydrogens (tertiary/aromatic N) is 20. The van der Waals surface area contributed by atoms with Crippen LogP contribution in [0.1, 0.15) is 68.3 Å². The molecular weight excluding hydrogens is 2140 g/mol. The molecule has 6 aliphatic rings. The Hall–Kier alpha value is -7.27. The first-order valence-corrected chi connectivity index (χ1v) is 57.6. The van der Waals surface area contributed by atoms with Crippen LogP contribution in [0.25, 0.3) is 44.7 Å². The van der Waals surface area contributed by atoms with E-state index in [0.717, 1.165) is 10.9 Å². The SMILES string of the molecule is CC[C@H]1O[C@@H](n2cc(C)c(N)nc2=O)C[C@H]1OP(O)(=S)OC[C@H]1O[C@@H](n2cnc3c(N)ncnc32)C(OCCOC)[C@H]1OP(O)(=S)OC[C@H]1O[C@@H](n2cnc3c(N)ncnc32)C(OCCOC)[C@H]1OP(O)(=S)OC[C@H]1O[C@@H](n2cnc3c(N)ncnc32)C(OCCOC)[C@H]1OP(O)(=S)OC[C@H]1O[C@@H](n2cc(C)c(N)nc2=O)C(OCCOC)[C@H]1OP(O)(=S)OC[C@H]1O[C@@H](n2cnc3c(N)ncnc32)C(OCCOC)[C@H]1O. The lowest BCUT2D eigenvalue weighted by Crippen LogP contribution is -2.41. The van der Waals surface area contributed by atoms with Crippen molar-refractivity contribution >= 4 is 172 Å². The van der Waals surface area contributed by atoms with Crippen LogP contribution in [0.2, 0.25) is 0 Å². The first-order chi connectivity index (χ1) is 69.8. The van der Waals surface area contributed by atoms with E-state index < -0.39 is 219 Å². The second kappa shape index (κ2) is 48.4. The van der Waals surface area contributed by atoms with Crippen LogP contribution < -0.4 is 45.8 Å². The Balaban J connectivity index is 0.688. The van der Waals surface area contributed by atoms with Gasteiger partial charge in [-0.2, -0.15) is 9.97 Å². The van der Waals surface area contributed by atoms with Crippen LogP contribution in [0.4, 0.5) is 34.9 Å². The highest BCUT2D eigenvalue weighted by molar-refractivity contribution is 8.08. The minimum absolute atomic E-state index is 0.00205. The van der Waals surface area contributed by atoms with Crippen LogP contribution >= 0.6 is 33.6 Å². The minimum atomic E-state index is -4.97. The van der Waals surface area contributed by atoms with E-state index in [2.05, 4.69) is 69.8 Å². The Labute approximate surface area is 854 Å². The van der Waals surface area contributed by atoms with Crippen LogP contribution in [-0.4, -0.2) is 365 Å². The zero-order valence-electron chi connectivity index (χ0n) is 78.9. The molecule has 0 bridgehead atoms. The van der Waals surface area contributed by atoms with Gasteiger partial charge in [-0.25, -0.2) is 69.4 Å². The van der Waals surface area contributed by atoms with E-state index in [1.54, 1.807) is 20.8 Å². The molecule has 0 saturated carbocycles. The number of imidazole rings is 4. The van der Waals surface area contributed by atoms with Crippen molar-refractivity contribution in [2.75, 3.05) is 169 Å². The number of aromatic nitrogens is 20. The number of hydrogen-bond acceptors (Lipinski definition) is 54. The van der Waals surface area contributed by atoms with Gasteiger partial charge in [0.2, 0.25) is 0 Å². The third-order valence-corrected chi connectivity index (χ3v) is 31.7. The Bertz CT molecular complexity index is 6590. The molecule has 802 valence electrons. The number of nitrogen functional groups attached to an aromatic ring is 6. The summed E-state index contributed by atoms with van der Waals surface area (Å²) < 4.78 is 170. The van der Waals surface area contributed by atoms with Crippen LogP contribution in [0.3, 0.4) is 0 Å². The molecule has 16 rings (SSSR count). The second-order valence-corrected chi connectivity index (χ2v) is 47.3. The van der Waals surface area contributed by atoms with Gasteiger partial charge in [0.15, 0.2) is 77.0 Å². The topological polar surface area (TPSA) is 762 Å². The number of nitrogens with two attached hydrogens (primary N) is 6. The number of aliphatic hydroxyl groups is 1. The van der Waals surface area contributed by atoms with Crippen molar-refractivity contribution in [1.29, 1.82) is 0 Å². The van der Waals surface area contributed by atoms with Crippen molar-refractivity contribution < 1.29 is 151 Å². The number of hydrogen-bond donors (Lipinski definition) is 12. The lowest BCUT2D eigenvalue weighted by atomic mass is 10.1. The van der Waals surface area contributed by atoms with E-state index >= 15 is 0 Å². The molecule has 18 N–H and O–H groups in total. The Morgan fingerprint density at radius 2 is 0.610 bits per heavy atom. The van der Waals surface area contributed by atoms with E-state index in [1.165, 1.54) is 115 Å². The normalized spacial score (nSPS) is 29.2. The summed E-state index contributed by atoms with van der Waals surface area (Å²) in [6.45, 7) is -23.8. The van der Waals surface area contributed by atoms with Gasteiger partial charge in [0.05, 0.1) is 137 Å². The summed E-state index contributed by atoms with van der Waals surface area (Å²) in [4.78, 5) is 150. The smallest absolute Gasteiger partial charge is 0.351 e. The molecule has 146 heavy (non-hydrogen) atoms. The molecule has 6 aliphatic heterocycles. The predicted octanol–water partition coefficient (Wildman–Crippen LogP) is -0.234. The maximum Gasteiger partial charge on any atom is 0.351 e. The number of ether oxygens (including phenoxy) is 16. The first-order valence-electron chi connectivity index (χ1n) is 44.7. The summed E-state index contributed by atoms with van der Waals surface area (Å²) in [7, 11) is 7.09. The number of fused-ring (bicyclic) bond motifs is 4.